The average Bonchev–Trinajstić information content (AvgIpc) is 3.07. The lowest BCUT2D eigenvalue weighted by Crippen LogP contribution is -2.29. The lowest BCUT2D eigenvalue weighted by atomic mass is 10.2. The minimum Gasteiger partial charge on any atom is -0.481 e. The number of nitrogens with zero attached hydrogens (tertiary/aromatic N) is 3. The van der Waals surface area contributed by atoms with Crippen molar-refractivity contribution in [3.05, 3.63) is 45.2 Å². The number of carboxylic acids is 1. The van der Waals surface area contributed by atoms with E-state index < -0.39 is 5.97 Å². The first-order valence-electron chi connectivity index (χ1n) is 11.6. The molecule has 1 aliphatic rings. The average molecular weight is 519 g/mol. The van der Waals surface area contributed by atoms with Gasteiger partial charge in [0, 0.05) is 32.3 Å². The maximum atomic E-state index is 13.3. The molecule has 0 unspecified atom stereocenters. The van der Waals surface area contributed by atoms with Crippen molar-refractivity contribution in [3.63, 3.8) is 0 Å². The zero-order valence-corrected chi connectivity index (χ0v) is 21.5. The minimum absolute atomic E-state index is 0.108. The van der Waals surface area contributed by atoms with Crippen LogP contribution in [-0.2, 0) is 14.3 Å². The van der Waals surface area contributed by atoms with Crippen molar-refractivity contribution in [2.24, 2.45) is 0 Å². The van der Waals surface area contributed by atoms with Gasteiger partial charge in [0.25, 0.3) is 11.5 Å². The molecule has 0 spiro atoms. The fourth-order valence-corrected chi connectivity index (χ4v) is 4.80. The highest BCUT2D eigenvalue weighted by Gasteiger charge is 2.32. The van der Waals surface area contributed by atoms with E-state index in [-0.39, 0.29) is 24.0 Å². The molecule has 188 valence electrons. The Bertz CT molecular complexity index is 1180. The molecule has 1 aliphatic heterocycles. The summed E-state index contributed by atoms with van der Waals surface area (Å²) in [7, 11) is 0. The number of hydrogen-bond acceptors (Lipinski definition) is 8. The van der Waals surface area contributed by atoms with Gasteiger partial charge in [-0.25, -0.2) is 4.98 Å². The Balaban J connectivity index is 1.79. The molecule has 1 fully saturated rings. The van der Waals surface area contributed by atoms with Crippen LogP contribution in [0.2, 0.25) is 0 Å². The second-order valence-electron chi connectivity index (χ2n) is 8.35. The number of carboxylic acid groups (broad SMARTS) is 1. The van der Waals surface area contributed by atoms with Gasteiger partial charge in [-0.15, -0.1) is 0 Å². The highest BCUT2D eigenvalue weighted by atomic mass is 32.2. The van der Waals surface area contributed by atoms with Crippen LogP contribution >= 0.6 is 24.0 Å². The molecule has 1 amide bonds. The molecule has 0 saturated carbocycles. The van der Waals surface area contributed by atoms with Crippen molar-refractivity contribution in [1.29, 1.82) is 0 Å². The van der Waals surface area contributed by atoms with Crippen LogP contribution in [0, 0.1) is 0 Å². The van der Waals surface area contributed by atoms with Crippen molar-refractivity contribution >= 4 is 57.7 Å². The molecule has 0 atom stereocenters. The normalized spacial score (nSPS) is 15.1. The molecule has 35 heavy (non-hydrogen) atoms. The number of carbonyl (C=O) groups is 2. The number of anilines is 1. The van der Waals surface area contributed by atoms with E-state index in [0.717, 1.165) is 18.2 Å². The summed E-state index contributed by atoms with van der Waals surface area (Å²) in [5.41, 5.74) is 0.514. The Morgan fingerprint density at radius 3 is 2.80 bits per heavy atom. The molecular formula is C24H30N4O5S2. The summed E-state index contributed by atoms with van der Waals surface area (Å²) in [5, 5.41) is 12.0. The number of nitrogens with one attached hydrogen (secondary N) is 1. The molecule has 11 heteroatoms. The fourth-order valence-electron chi connectivity index (χ4n) is 3.51. The molecule has 0 aliphatic carbocycles. The van der Waals surface area contributed by atoms with E-state index in [2.05, 4.69) is 10.3 Å². The Morgan fingerprint density at radius 1 is 1.26 bits per heavy atom. The van der Waals surface area contributed by atoms with Crippen LogP contribution in [-0.4, -0.2) is 61.4 Å². The van der Waals surface area contributed by atoms with Gasteiger partial charge >= 0.3 is 5.97 Å². The first kappa shape index (κ1) is 26.8. The maximum absolute atomic E-state index is 13.3. The van der Waals surface area contributed by atoms with Gasteiger partial charge in [-0.2, -0.15) is 0 Å². The predicted molar refractivity (Wildman–Crippen MR) is 142 cm³/mol. The molecule has 0 aromatic carbocycles. The van der Waals surface area contributed by atoms with Crippen LogP contribution in [0.25, 0.3) is 11.7 Å². The van der Waals surface area contributed by atoms with Crippen molar-refractivity contribution in [3.8, 4) is 0 Å². The molecular weight excluding hydrogens is 488 g/mol. The lowest BCUT2D eigenvalue weighted by molar-refractivity contribution is -0.137. The van der Waals surface area contributed by atoms with E-state index in [0.29, 0.717) is 65.2 Å². The number of pyridine rings is 1. The summed E-state index contributed by atoms with van der Waals surface area (Å²) in [4.78, 5) is 43.5. The first-order valence-corrected chi connectivity index (χ1v) is 12.8. The monoisotopic (exact) mass is 518 g/mol. The molecule has 0 bridgehead atoms. The van der Waals surface area contributed by atoms with Crippen LogP contribution in [0.3, 0.4) is 0 Å². The molecule has 2 aromatic heterocycles. The number of ether oxygens (including phenoxy) is 1. The highest BCUT2D eigenvalue weighted by molar-refractivity contribution is 8.26. The number of thioether (sulfide) groups is 1. The van der Waals surface area contributed by atoms with Gasteiger partial charge in [-0.3, -0.25) is 23.7 Å². The second kappa shape index (κ2) is 12.8. The van der Waals surface area contributed by atoms with E-state index in [1.54, 1.807) is 24.4 Å². The van der Waals surface area contributed by atoms with Crippen molar-refractivity contribution in [2.45, 2.75) is 52.1 Å². The van der Waals surface area contributed by atoms with Gasteiger partial charge < -0.3 is 15.2 Å². The largest absolute Gasteiger partial charge is 0.481 e. The van der Waals surface area contributed by atoms with Crippen molar-refractivity contribution in [1.82, 2.24) is 14.3 Å². The summed E-state index contributed by atoms with van der Waals surface area (Å²) in [6.07, 6.45) is 6.08. The third kappa shape index (κ3) is 7.36. The molecule has 2 N–H and O–H groups in total. The predicted octanol–water partition coefficient (Wildman–Crippen LogP) is 3.77. The van der Waals surface area contributed by atoms with Crippen molar-refractivity contribution < 1.29 is 19.4 Å². The highest BCUT2D eigenvalue weighted by Crippen LogP contribution is 2.33. The number of aromatic nitrogens is 2. The number of amides is 1. The third-order valence-electron chi connectivity index (χ3n) is 5.26. The number of unbranched alkanes of at least 4 members (excludes halogenated alkanes) is 2. The number of aliphatic carboxylic acids is 1. The SMILES string of the molecule is CC(C)OCCCNc1nc2ccccn2c(=O)c1C=C1SC(=S)N(CCCCCC(=O)O)C1=O. The third-order valence-corrected chi connectivity index (χ3v) is 6.63. The smallest absolute Gasteiger partial charge is 0.303 e. The standard InChI is InChI=1S/C24H30N4O5S2/c1-16(2)33-14-8-11-25-21-17(22(31)27-12-7-5-9-19(27)26-21)15-18-23(32)28(24(34)35-18)13-6-3-4-10-20(29)30/h5,7,9,12,15-16,25H,3-4,6,8,10-11,13-14H2,1-2H3,(H,29,30). The Labute approximate surface area is 213 Å². The molecule has 2 aromatic rings. The van der Waals surface area contributed by atoms with Crippen LogP contribution in [0.4, 0.5) is 5.82 Å². The van der Waals surface area contributed by atoms with Gasteiger partial charge in [-0.05, 0) is 51.3 Å². The molecule has 3 heterocycles. The van der Waals surface area contributed by atoms with E-state index in [4.69, 9.17) is 22.1 Å². The second-order valence-corrected chi connectivity index (χ2v) is 10.0. The van der Waals surface area contributed by atoms with Gasteiger partial charge in [0.2, 0.25) is 0 Å². The summed E-state index contributed by atoms with van der Waals surface area (Å²) in [5.74, 6) is -0.678. The van der Waals surface area contributed by atoms with Crippen LogP contribution in [0.1, 0.15) is 51.5 Å². The first-order chi connectivity index (χ1) is 16.8. The number of fused-ring (bicyclic) bond motifs is 1. The quantitative estimate of drug-likeness (QED) is 0.232. The molecule has 3 rings (SSSR count). The van der Waals surface area contributed by atoms with Gasteiger partial charge in [0.1, 0.15) is 15.8 Å². The summed E-state index contributed by atoms with van der Waals surface area (Å²) >= 11 is 6.55. The van der Waals surface area contributed by atoms with E-state index >= 15 is 0 Å². The molecule has 9 nitrogen and oxygen atoms in total. The lowest BCUT2D eigenvalue weighted by Gasteiger charge is -2.14. The zero-order valence-electron chi connectivity index (χ0n) is 19.9. The number of rotatable bonds is 13. The molecule has 1 saturated heterocycles. The van der Waals surface area contributed by atoms with E-state index in [1.807, 2.05) is 19.9 Å². The van der Waals surface area contributed by atoms with E-state index in [9.17, 15) is 14.4 Å². The summed E-state index contributed by atoms with van der Waals surface area (Å²) in [6.45, 7) is 5.50. The van der Waals surface area contributed by atoms with Crippen LogP contribution < -0.4 is 10.9 Å². The van der Waals surface area contributed by atoms with Crippen LogP contribution in [0.5, 0.6) is 0 Å². The number of hydrogen-bond donors (Lipinski definition) is 2. The zero-order chi connectivity index (χ0) is 25.4. The number of thiocarbonyl (C=S) groups is 1. The fraction of sp³-hybridized carbons (Fsp3) is 0.458. The number of carbonyl (C=O) groups excluding carboxylic acids is 1. The summed E-state index contributed by atoms with van der Waals surface area (Å²) in [6, 6.07) is 5.31. The van der Waals surface area contributed by atoms with Crippen molar-refractivity contribution in [2.75, 3.05) is 25.0 Å². The Kier molecular flexibility index (Phi) is 9.82. The topological polar surface area (TPSA) is 113 Å². The van der Waals surface area contributed by atoms with E-state index in [1.165, 1.54) is 9.30 Å². The molecule has 0 radical (unpaired) electrons. The maximum Gasteiger partial charge on any atom is 0.303 e. The summed E-state index contributed by atoms with van der Waals surface area (Å²) < 4.78 is 7.44. The Morgan fingerprint density at radius 2 is 2.06 bits per heavy atom. The van der Waals surface area contributed by atoms with Gasteiger partial charge in [-0.1, -0.05) is 36.5 Å². The van der Waals surface area contributed by atoms with Crippen LogP contribution in [0.15, 0.2) is 34.1 Å². The minimum atomic E-state index is -0.828. The van der Waals surface area contributed by atoms with Gasteiger partial charge in [0.15, 0.2) is 0 Å². The Hall–Kier alpha value is -2.76. The van der Waals surface area contributed by atoms with Gasteiger partial charge in [0.05, 0.1) is 16.6 Å².